The van der Waals surface area contributed by atoms with Crippen molar-refractivity contribution in [1.29, 1.82) is 0 Å². The van der Waals surface area contributed by atoms with Gasteiger partial charge < -0.3 is 5.32 Å². The second-order valence-corrected chi connectivity index (χ2v) is 4.68. The minimum Gasteiger partial charge on any atom is -0.317 e. The Bertz CT molecular complexity index is 384. The van der Waals surface area contributed by atoms with Gasteiger partial charge in [0.25, 0.3) is 0 Å². The minimum atomic E-state index is 0.347. The molecule has 1 N–H and O–H groups in total. The predicted octanol–water partition coefficient (Wildman–Crippen LogP) is 2.72. The van der Waals surface area contributed by atoms with E-state index < -0.39 is 0 Å². The van der Waals surface area contributed by atoms with Crippen molar-refractivity contribution in [3.05, 3.63) is 41.5 Å². The highest BCUT2D eigenvalue weighted by atomic mass is 14.9. The topological polar surface area (TPSA) is 12.0 Å². The van der Waals surface area contributed by atoms with Crippen molar-refractivity contribution in [3.8, 4) is 0 Å². The molecule has 1 heterocycles. The predicted molar refractivity (Wildman–Crippen MR) is 63.9 cm³/mol. The van der Waals surface area contributed by atoms with E-state index in [1.807, 2.05) is 0 Å². The number of benzene rings is 1. The standard InChI is InChI=1S/C14H17N/c1-2-5-13-12(4-1)6-8-14(13)7-3-10-15-11-9-14/h1-2,4-6,8,15H,3,7,9-11H2. The minimum absolute atomic E-state index is 0.347. The highest BCUT2D eigenvalue weighted by Gasteiger charge is 2.34. The molecular formula is C14H17N. The van der Waals surface area contributed by atoms with Crippen LogP contribution in [0.3, 0.4) is 0 Å². The average molecular weight is 199 g/mol. The van der Waals surface area contributed by atoms with Gasteiger partial charge in [0.15, 0.2) is 0 Å². The molecule has 1 aromatic carbocycles. The Morgan fingerprint density at radius 1 is 1.07 bits per heavy atom. The van der Waals surface area contributed by atoms with E-state index in [2.05, 4.69) is 41.7 Å². The van der Waals surface area contributed by atoms with Gasteiger partial charge in [-0.05, 0) is 43.5 Å². The van der Waals surface area contributed by atoms with E-state index in [9.17, 15) is 0 Å². The first-order chi connectivity index (χ1) is 7.41. The van der Waals surface area contributed by atoms with Gasteiger partial charge >= 0.3 is 0 Å². The molecule has 1 heteroatoms. The molecule has 0 bridgehead atoms. The monoisotopic (exact) mass is 199 g/mol. The van der Waals surface area contributed by atoms with Crippen LogP contribution in [0.1, 0.15) is 30.4 Å². The first kappa shape index (κ1) is 9.17. The Morgan fingerprint density at radius 2 is 2.00 bits per heavy atom. The summed E-state index contributed by atoms with van der Waals surface area (Å²) in [6, 6.07) is 8.85. The lowest BCUT2D eigenvalue weighted by Crippen LogP contribution is -2.23. The fraction of sp³-hybridized carbons (Fsp3) is 0.429. The molecule has 1 nitrogen and oxygen atoms in total. The summed E-state index contributed by atoms with van der Waals surface area (Å²) in [5.41, 5.74) is 3.33. The second-order valence-electron chi connectivity index (χ2n) is 4.68. The zero-order valence-corrected chi connectivity index (χ0v) is 9.00. The molecule has 1 aromatic rings. The maximum Gasteiger partial charge on any atom is 0.0154 e. The fourth-order valence-corrected chi connectivity index (χ4v) is 2.96. The van der Waals surface area contributed by atoms with Crippen LogP contribution in [-0.4, -0.2) is 13.1 Å². The molecule has 1 fully saturated rings. The van der Waals surface area contributed by atoms with Crippen LogP contribution >= 0.6 is 0 Å². The van der Waals surface area contributed by atoms with Crippen LogP contribution in [0.2, 0.25) is 0 Å². The van der Waals surface area contributed by atoms with Gasteiger partial charge in [0.05, 0.1) is 0 Å². The van der Waals surface area contributed by atoms with Crippen molar-refractivity contribution >= 4 is 6.08 Å². The first-order valence-corrected chi connectivity index (χ1v) is 5.90. The molecule has 1 unspecified atom stereocenters. The van der Waals surface area contributed by atoms with Crippen LogP contribution in [0.25, 0.3) is 6.08 Å². The summed E-state index contributed by atoms with van der Waals surface area (Å²) in [7, 11) is 0. The van der Waals surface area contributed by atoms with Gasteiger partial charge in [-0.3, -0.25) is 0 Å². The Morgan fingerprint density at radius 3 is 3.00 bits per heavy atom. The lowest BCUT2D eigenvalue weighted by Gasteiger charge is -2.27. The first-order valence-electron chi connectivity index (χ1n) is 5.90. The van der Waals surface area contributed by atoms with E-state index in [-0.39, 0.29) is 0 Å². The van der Waals surface area contributed by atoms with Gasteiger partial charge in [0.1, 0.15) is 0 Å². The highest BCUT2D eigenvalue weighted by molar-refractivity contribution is 5.65. The Hall–Kier alpha value is -1.08. The van der Waals surface area contributed by atoms with Crippen molar-refractivity contribution in [2.45, 2.75) is 24.7 Å². The molecule has 78 valence electrons. The number of allylic oxidation sites excluding steroid dienone is 1. The molecule has 1 saturated heterocycles. The summed E-state index contributed by atoms with van der Waals surface area (Å²) in [6.45, 7) is 2.33. The van der Waals surface area contributed by atoms with Crippen LogP contribution in [0, 0.1) is 0 Å². The summed E-state index contributed by atoms with van der Waals surface area (Å²) in [6.07, 6.45) is 8.58. The number of hydrogen-bond acceptors (Lipinski definition) is 1. The Labute approximate surface area is 91.2 Å². The summed E-state index contributed by atoms with van der Waals surface area (Å²) in [5, 5.41) is 3.50. The average Bonchev–Trinajstić information content (AvgIpc) is 2.48. The largest absolute Gasteiger partial charge is 0.317 e. The molecule has 15 heavy (non-hydrogen) atoms. The molecule has 0 amide bonds. The van der Waals surface area contributed by atoms with E-state index in [0.29, 0.717) is 5.41 Å². The zero-order chi connectivity index (χ0) is 10.1. The second kappa shape index (κ2) is 3.49. The number of rotatable bonds is 0. The maximum atomic E-state index is 3.50. The molecule has 0 radical (unpaired) electrons. The van der Waals surface area contributed by atoms with Crippen molar-refractivity contribution in [2.75, 3.05) is 13.1 Å². The molecule has 1 aliphatic heterocycles. The molecule has 0 saturated carbocycles. The number of nitrogens with one attached hydrogen (secondary N) is 1. The molecule has 1 aliphatic carbocycles. The number of fused-ring (bicyclic) bond motifs is 2. The van der Waals surface area contributed by atoms with E-state index in [4.69, 9.17) is 0 Å². The lowest BCUT2D eigenvalue weighted by molar-refractivity contribution is 0.483. The van der Waals surface area contributed by atoms with Gasteiger partial charge in [0.2, 0.25) is 0 Å². The summed E-state index contributed by atoms with van der Waals surface area (Å²) < 4.78 is 0. The van der Waals surface area contributed by atoms with Crippen LogP contribution in [-0.2, 0) is 5.41 Å². The van der Waals surface area contributed by atoms with Gasteiger partial charge in [-0.2, -0.15) is 0 Å². The Balaban J connectivity index is 2.03. The lowest BCUT2D eigenvalue weighted by atomic mass is 9.76. The summed E-state index contributed by atoms with van der Waals surface area (Å²) in [4.78, 5) is 0. The van der Waals surface area contributed by atoms with Crippen LogP contribution in [0.4, 0.5) is 0 Å². The van der Waals surface area contributed by atoms with Gasteiger partial charge in [-0.25, -0.2) is 0 Å². The van der Waals surface area contributed by atoms with E-state index in [1.165, 1.54) is 31.4 Å². The van der Waals surface area contributed by atoms with E-state index in [1.54, 1.807) is 5.56 Å². The highest BCUT2D eigenvalue weighted by Crippen LogP contribution is 2.42. The van der Waals surface area contributed by atoms with Crippen LogP contribution < -0.4 is 5.32 Å². The van der Waals surface area contributed by atoms with Crippen molar-refractivity contribution in [1.82, 2.24) is 5.32 Å². The normalized spacial score (nSPS) is 29.1. The molecule has 1 spiro atoms. The van der Waals surface area contributed by atoms with Crippen molar-refractivity contribution in [2.24, 2.45) is 0 Å². The molecule has 1 atom stereocenters. The molecule has 0 aromatic heterocycles. The number of hydrogen-bond donors (Lipinski definition) is 1. The Kier molecular flexibility index (Phi) is 2.14. The molecule has 3 rings (SSSR count). The SMILES string of the molecule is C1=CC2(CCCNCC2)c2ccccc21. The van der Waals surface area contributed by atoms with E-state index >= 15 is 0 Å². The van der Waals surface area contributed by atoms with Crippen molar-refractivity contribution < 1.29 is 0 Å². The summed E-state index contributed by atoms with van der Waals surface area (Å²) in [5.74, 6) is 0. The van der Waals surface area contributed by atoms with Gasteiger partial charge in [0, 0.05) is 5.41 Å². The van der Waals surface area contributed by atoms with Gasteiger partial charge in [-0.1, -0.05) is 36.4 Å². The van der Waals surface area contributed by atoms with Crippen LogP contribution in [0.15, 0.2) is 30.3 Å². The maximum absolute atomic E-state index is 3.50. The summed E-state index contributed by atoms with van der Waals surface area (Å²) >= 11 is 0. The quantitative estimate of drug-likeness (QED) is 0.677. The third-order valence-electron chi connectivity index (χ3n) is 3.80. The third kappa shape index (κ3) is 1.42. The molecular weight excluding hydrogens is 182 g/mol. The molecule has 2 aliphatic rings. The van der Waals surface area contributed by atoms with Crippen LogP contribution in [0.5, 0.6) is 0 Å². The van der Waals surface area contributed by atoms with Crippen molar-refractivity contribution in [3.63, 3.8) is 0 Å². The third-order valence-corrected chi connectivity index (χ3v) is 3.80. The zero-order valence-electron chi connectivity index (χ0n) is 9.00. The fourth-order valence-electron chi connectivity index (χ4n) is 2.96. The smallest absolute Gasteiger partial charge is 0.0154 e. The van der Waals surface area contributed by atoms with E-state index in [0.717, 1.165) is 6.54 Å². The van der Waals surface area contributed by atoms with Gasteiger partial charge in [-0.15, -0.1) is 0 Å².